The van der Waals surface area contributed by atoms with Gasteiger partial charge in [0.1, 0.15) is 0 Å². The predicted octanol–water partition coefficient (Wildman–Crippen LogP) is 2.87. The van der Waals surface area contributed by atoms with Gasteiger partial charge in [-0.15, -0.1) is 0 Å². The molecule has 1 N–H and O–H groups in total. The Hall–Kier alpha value is -2.23. The fraction of sp³-hybridized carbons (Fsp3) is 0.389. The summed E-state index contributed by atoms with van der Waals surface area (Å²) in [5, 5.41) is 3.22. The number of hydrogen-bond donors (Lipinski definition) is 1. The number of nitrogens with one attached hydrogen (secondary N) is 1. The van der Waals surface area contributed by atoms with Gasteiger partial charge in [0.05, 0.1) is 17.4 Å². The number of benzene rings is 1. The Morgan fingerprint density at radius 3 is 2.45 bits per heavy atom. The minimum absolute atomic E-state index is 0.0493. The minimum Gasteiger partial charge on any atom is -0.350 e. The summed E-state index contributed by atoms with van der Waals surface area (Å²) in [6, 6.07) is 10.1. The lowest BCUT2D eigenvalue weighted by molar-refractivity contribution is -0.128. The Balaban J connectivity index is 2.53. The second-order valence-electron chi connectivity index (χ2n) is 6.04. The normalized spacial score (nSPS) is 18.5. The van der Waals surface area contributed by atoms with Crippen LogP contribution in [0.15, 0.2) is 54.0 Å². The summed E-state index contributed by atoms with van der Waals surface area (Å²) in [6.07, 6.45) is 0. The molecule has 1 amide bonds. The third kappa shape index (κ3) is 2.86. The van der Waals surface area contributed by atoms with Crippen LogP contribution in [0, 0.1) is 0 Å². The largest absolute Gasteiger partial charge is 0.350 e. The summed E-state index contributed by atoms with van der Waals surface area (Å²) in [5.74, 6) is 0.850. The average Bonchev–Trinajstić information content (AvgIpc) is 2.49. The zero-order valence-corrected chi connectivity index (χ0v) is 14.1. The van der Waals surface area contributed by atoms with E-state index in [1.165, 1.54) is 0 Å². The molecule has 22 heavy (non-hydrogen) atoms. The molecule has 1 aromatic carbocycles. The summed E-state index contributed by atoms with van der Waals surface area (Å²) in [5.41, 5.74) is 2.74. The fourth-order valence-electron chi connectivity index (χ4n) is 2.65. The molecule has 1 aliphatic rings. The van der Waals surface area contributed by atoms with Crippen LogP contribution in [0.25, 0.3) is 0 Å². The van der Waals surface area contributed by atoms with E-state index in [0.29, 0.717) is 0 Å². The Labute approximate surface area is 133 Å². The Morgan fingerprint density at radius 1 is 1.32 bits per heavy atom. The van der Waals surface area contributed by atoms with Crippen molar-refractivity contribution in [3.05, 3.63) is 59.6 Å². The standard InChI is InChI=1S/C18H25N3O/c1-12(2)20(5)18(22)16-13(3)19-14(4)21(6)17(16)15-10-8-7-9-11-15/h7-12,17,19H,4H2,1-3,5-6H3. The summed E-state index contributed by atoms with van der Waals surface area (Å²) in [4.78, 5) is 16.8. The maximum Gasteiger partial charge on any atom is 0.253 e. The van der Waals surface area contributed by atoms with E-state index in [-0.39, 0.29) is 18.0 Å². The van der Waals surface area contributed by atoms with Gasteiger partial charge in [-0.25, -0.2) is 0 Å². The first-order valence-corrected chi connectivity index (χ1v) is 7.56. The van der Waals surface area contributed by atoms with Crippen molar-refractivity contribution in [3.8, 4) is 0 Å². The highest BCUT2D eigenvalue weighted by atomic mass is 16.2. The quantitative estimate of drug-likeness (QED) is 0.932. The maximum atomic E-state index is 13.0. The number of amides is 1. The minimum atomic E-state index is -0.122. The van der Waals surface area contributed by atoms with Crippen LogP contribution in [-0.2, 0) is 4.79 Å². The molecule has 0 saturated carbocycles. The van der Waals surface area contributed by atoms with Crippen LogP contribution in [-0.4, -0.2) is 35.8 Å². The van der Waals surface area contributed by atoms with Gasteiger partial charge < -0.3 is 15.1 Å². The predicted molar refractivity (Wildman–Crippen MR) is 89.8 cm³/mol. The van der Waals surface area contributed by atoms with E-state index in [1.54, 1.807) is 4.90 Å². The molecule has 0 aliphatic carbocycles. The second kappa shape index (κ2) is 6.26. The lowest BCUT2D eigenvalue weighted by Gasteiger charge is -2.40. The highest BCUT2D eigenvalue weighted by Crippen LogP contribution is 2.35. The first-order chi connectivity index (χ1) is 10.3. The van der Waals surface area contributed by atoms with Crippen molar-refractivity contribution < 1.29 is 4.79 Å². The van der Waals surface area contributed by atoms with Gasteiger partial charge in [0.25, 0.3) is 5.91 Å². The molecule has 1 heterocycles. The lowest BCUT2D eigenvalue weighted by Crippen LogP contribution is -2.44. The summed E-state index contributed by atoms with van der Waals surface area (Å²) in [7, 11) is 3.81. The molecule has 0 saturated heterocycles. The molecule has 0 spiro atoms. The molecule has 1 atom stereocenters. The molecule has 2 rings (SSSR count). The third-order valence-electron chi connectivity index (χ3n) is 4.26. The smallest absolute Gasteiger partial charge is 0.253 e. The van der Waals surface area contributed by atoms with E-state index in [1.807, 2.05) is 58.0 Å². The zero-order valence-electron chi connectivity index (χ0n) is 14.1. The Morgan fingerprint density at radius 2 is 1.91 bits per heavy atom. The van der Waals surface area contributed by atoms with Crippen LogP contribution in [0.5, 0.6) is 0 Å². The number of rotatable bonds is 3. The Bertz CT molecular complexity index is 604. The number of nitrogens with zero attached hydrogens (tertiary/aromatic N) is 2. The van der Waals surface area contributed by atoms with Gasteiger partial charge in [-0.3, -0.25) is 4.79 Å². The van der Waals surface area contributed by atoms with Crippen LogP contribution in [0.1, 0.15) is 32.4 Å². The molecule has 0 radical (unpaired) electrons. The molecule has 4 nitrogen and oxygen atoms in total. The monoisotopic (exact) mass is 299 g/mol. The SMILES string of the molecule is C=C1NC(C)=C(C(=O)N(C)C(C)C)C(c2ccccc2)N1C. The van der Waals surface area contributed by atoms with Crippen molar-refractivity contribution in [2.24, 2.45) is 0 Å². The summed E-state index contributed by atoms with van der Waals surface area (Å²) >= 11 is 0. The molecule has 1 aromatic rings. The van der Waals surface area contributed by atoms with Gasteiger partial charge in [0.2, 0.25) is 0 Å². The zero-order chi connectivity index (χ0) is 16.4. The number of hydrogen-bond acceptors (Lipinski definition) is 3. The summed E-state index contributed by atoms with van der Waals surface area (Å²) in [6.45, 7) is 10.0. The fourth-order valence-corrected chi connectivity index (χ4v) is 2.65. The molecule has 0 fully saturated rings. The third-order valence-corrected chi connectivity index (χ3v) is 4.26. The number of allylic oxidation sites excluding steroid dienone is 1. The van der Waals surface area contributed by atoms with Gasteiger partial charge in [-0.1, -0.05) is 36.9 Å². The lowest BCUT2D eigenvalue weighted by atomic mass is 9.92. The molecular weight excluding hydrogens is 274 g/mol. The van der Waals surface area contributed by atoms with E-state index < -0.39 is 0 Å². The Kier molecular flexibility index (Phi) is 4.59. The van der Waals surface area contributed by atoms with Gasteiger partial charge in [0.15, 0.2) is 0 Å². The van der Waals surface area contributed by atoms with Crippen LogP contribution in [0.2, 0.25) is 0 Å². The van der Waals surface area contributed by atoms with Crippen molar-refractivity contribution >= 4 is 5.91 Å². The average molecular weight is 299 g/mol. The number of carbonyl (C=O) groups is 1. The molecule has 1 unspecified atom stereocenters. The number of carbonyl (C=O) groups excluding carboxylic acids is 1. The van der Waals surface area contributed by atoms with Crippen LogP contribution < -0.4 is 5.32 Å². The van der Waals surface area contributed by atoms with E-state index >= 15 is 0 Å². The summed E-state index contributed by atoms with van der Waals surface area (Å²) < 4.78 is 0. The number of likely N-dealkylation sites (N-methyl/N-ethyl adjacent to an activating group) is 2. The van der Waals surface area contributed by atoms with Crippen molar-refractivity contribution in [2.75, 3.05) is 14.1 Å². The van der Waals surface area contributed by atoms with Crippen LogP contribution in [0.4, 0.5) is 0 Å². The van der Waals surface area contributed by atoms with Crippen molar-refractivity contribution in [1.82, 2.24) is 15.1 Å². The first kappa shape index (κ1) is 16.1. The molecule has 118 valence electrons. The van der Waals surface area contributed by atoms with Gasteiger partial charge in [-0.05, 0) is 26.3 Å². The van der Waals surface area contributed by atoms with Gasteiger partial charge in [0, 0.05) is 25.8 Å². The van der Waals surface area contributed by atoms with E-state index in [0.717, 1.165) is 22.7 Å². The molecule has 0 bridgehead atoms. The van der Waals surface area contributed by atoms with E-state index in [9.17, 15) is 4.79 Å². The molecule has 1 aliphatic heterocycles. The van der Waals surface area contributed by atoms with Gasteiger partial charge >= 0.3 is 0 Å². The second-order valence-corrected chi connectivity index (χ2v) is 6.04. The van der Waals surface area contributed by atoms with Crippen molar-refractivity contribution in [3.63, 3.8) is 0 Å². The highest BCUT2D eigenvalue weighted by Gasteiger charge is 2.34. The van der Waals surface area contributed by atoms with Crippen LogP contribution >= 0.6 is 0 Å². The molecule has 4 heteroatoms. The maximum absolute atomic E-state index is 13.0. The molecular formula is C18H25N3O. The van der Waals surface area contributed by atoms with Crippen LogP contribution in [0.3, 0.4) is 0 Å². The topological polar surface area (TPSA) is 35.6 Å². The van der Waals surface area contributed by atoms with Crippen molar-refractivity contribution in [1.29, 1.82) is 0 Å². The first-order valence-electron chi connectivity index (χ1n) is 7.56. The van der Waals surface area contributed by atoms with Crippen molar-refractivity contribution in [2.45, 2.75) is 32.9 Å². The highest BCUT2D eigenvalue weighted by molar-refractivity contribution is 5.96. The molecule has 0 aromatic heterocycles. The van der Waals surface area contributed by atoms with E-state index in [4.69, 9.17) is 0 Å². The van der Waals surface area contributed by atoms with E-state index in [2.05, 4.69) is 24.0 Å². The van der Waals surface area contributed by atoms with Gasteiger partial charge in [-0.2, -0.15) is 0 Å².